The van der Waals surface area contributed by atoms with Gasteiger partial charge in [-0.05, 0) is 35.7 Å². The lowest BCUT2D eigenvalue weighted by molar-refractivity contribution is -0.116. The van der Waals surface area contributed by atoms with E-state index < -0.39 is 0 Å². The summed E-state index contributed by atoms with van der Waals surface area (Å²) in [4.78, 5) is 26.3. The Labute approximate surface area is 159 Å². The third-order valence-corrected chi connectivity index (χ3v) is 5.63. The van der Waals surface area contributed by atoms with E-state index in [-0.39, 0.29) is 17.2 Å². The number of carbonyl (C=O) groups is 2. The molecule has 1 saturated heterocycles. The first-order valence-electron chi connectivity index (χ1n) is 9.05. The van der Waals surface area contributed by atoms with Gasteiger partial charge in [-0.3, -0.25) is 14.5 Å². The van der Waals surface area contributed by atoms with Crippen LogP contribution in [0.3, 0.4) is 0 Å². The van der Waals surface area contributed by atoms with E-state index in [1.807, 2.05) is 54.3 Å². The average Bonchev–Trinajstić information content (AvgIpc) is 3.04. The number of thioether (sulfide) groups is 1. The predicted octanol–water partition coefficient (Wildman–Crippen LogP) is 4.77. The molecule has 1 N–H and O–H groups in total. The summed E-state index contributed by atoms with van der Waals surface area (Å²) in [5.74, 6) is 0.588. The lowest BCUT2D eigenvalue weighted by Crippen LogP contribution is -2.28. The van der Waals surface area contributed by atoms with Crippen molar-refractivity contribution < 1.29 is 9.59 Å². The second-order valence-corrected chi connectivity index (χ2v) is 7.40. The van der Waals surface area contributed by atoms with Gasteiger partial charge in [0.25, 0.3) is 0 Å². The highest BCUT2D eigenvalue weighted by Crippen LogP contribution is 2.43. The molecule has 0 bridgehead atoms. The molecule has 0 saturated carbocycles. The van der Waals surface area contributed by atoms with Crippen molar-refractivity contribution in [2.75, 3.05) is 16.0 Å². The second-order valence-electron chi connectivity index (χ2n) is 6.33. The van der Waals surface area contributed by atoms with Crippen LogP contribution in [0, 0.1) is 0 Å². The molecule has 2 aromatic carbocycles. The number of hydrogen-bond donors (Lipinski definition) is 1. The molecule has 5 heteroatoms. The topological polar surface area (TPSA) is 49.4 Å². The molecule has 0 unspecified atom stereocenters. The predicted molar refractivity (Wildman–Crippen MR) is 108 cm³/mol. The number of rotatable bonds is 6. The minimum absolute atomic E-state index is 0.0116. The van der Waals surface area contributed by atoms with Crippen molar-refractivity contribution in [1.29, 1.82) is 0 Å². The quantitative estimate of drug-likeness (QED) is 0.799. The van der Waals surface area contributed by atoms with E-state index in [9.17, 15) is 9.59 Å². The minimum Gasteiger partial charge on any atom is -0.326 e. The van der Waals surface area contributed by atoms with Gasteiger partial charge < -0.3 is 5.32 Å². The second kappa shape index (κ2) is 8.41. The van der Waals surface area contributed by atoms with Gasteiger partial charge >= 0.3 is 0 Å². The van der Waals surface area contributed by atoms with Crippen LogP contribution in [0.15, 0.2) is 48.5 Å². The summed E-state index contributed by atoms with van der Waals surface area (Å²) in [6.45, 7) is 3.98. The largest absolute Gasteiger partial charge is 0.326 e. The number of anilines is 2. The zero-order chi connectivity index (χ0) is 18.5. The normalized spacial score (nSPS) is 16.8. The van der Waals surface area contributed by atoms with E-state index in [2.05, 4.69) is 18.3 Å². The summed E-state index contributed by atoms with van der Waals surface area (Å²) in [5.41, 5.74) is 4.00. The molecular formula is C21H24N2O2S. The number of benzene rings is 2. The van der Waals surface area contributed by atoms with E-state index in [4.69, 9.17) is 0 Å². The highest BCUT2D eigenvalue weighted by atomic mass is 32.2. The van der Waals surface area contributed by atoms with Crippen molar-refractivity contribution in [3.63, 3.8) is 0 Å². The number of para-hydroxylation sites is 1. The molecule has 26 heavy (non-hydrogen) atoms. The Hall–Kier alpha value is -2.27. The summed E-state index contributed by atoms with van der Waals surface area (Å²) in [5, 5.41) is 2.83. The monoisotopic (exact) mass is 368 g/mol. The first-order chi connectivity index (χ1) is 12.6. The van der Waals surface area contributed by atoms with Gasteiger partial charge in [-0.2, -0.15) is 0 Å². The van der Waals surface area contributed by atoms with Crippen LogP contribution in [-0.4, -0.2) is 17.6 Å². The Balaban J connectivity index is 1.94. The molecule has 0 radical (unpaired) electrons. The van der Waals surface area contributed by atoms with E-state index in [1.54, 1.807) is 11.8 Å². The van der Waals surface area contributed by atoms with Crippen molar-refractivity contribution >= 4 is 35.0 Å². The molecule has 2 aromatic rings. The van der Waals surface area contributed by atoms with Gasteiger partial charge in [0, 0.05) is 17.8 Å². The SMILES string of the molecule is CCCc1ccccc1N1C(=O)CS[C@@H]1c1cccc(NC(=O)CC)c1. The van der Waals surface area contributed by atoms with Crippen LogP contribution in [0.5, 0.6) is 0 Å². The molecule has 4 nitrogen and oxygen atoms in total. The number of nitrogens with one attached hydrogen (secondary N) is 1. The maximum absolute atomic E-state index is 12.7. The van der Waals surface area contributed by atoms with Gasteiger partial charge in [0.05, 0.1) is 5.75 Å². The molecular weight excluding hydrogens is 344 g/mol. The molecule has 0 aromatic heterocycles. The van der Waals surface area contributed by atoms with Crippen LogP contribution in [0.25, 0.3) is 0 Å². The minimum atomic E-state index is -0.0704. The molecule has 1 fully saturated rings. The maximum Gasteiger partial charge on any atom is 0.238 e. The Kier molecular flexibility index (Phi) is 5.99. The van der Waals surface area contributed by atoms with E-state index in [0.29, 0.717) is 12.2 Å². The van der Waals surface area contributed by atoms with Crippen molar-refractivity contribution in [3.8, 4) is 0 Å². The molecule has 136 valence electrons. The molecule has 1 atom stereocenters. The summed E-state index contributed by atoms with van der Waals surface area (Å²) in [6, 6.07) is 16.0. The van der Waals surface area contributed by atoms with Crippen LogP contribution >= 0.6 is 11.8 Å². The molecule has 1 heterocycles. The smallest absolute Gasteiger partial charge is 0.238 e. The van der Waals surface area contributed by atoms with Crippen molar-refractivity contribution in [3.05, 3.63) is 59.7 Å². The zero-order valence-electron chi connectivity index (χ0n) is 15.2. The van der Waals surface area contributed by atoms with E-state index in [1.165, 1.54) is 5.56 Å². The van der Waals surface area contributed by atoms with Crippen molar-refractivity contribution in [1.82, 2.24) is 0 Å². The van der Waals surface area contributed by atoms with Crippen LogP contribution < -0.4 is 10.2 Å². The molecule has 1 aliphatic rings. The molecule has 3 rings (SSSR count). The standard InChI is InChI=1S/C21H24N2O2S/c1-3-8-15-9-5-6-12-18(15)23-20(25)14-26-21(23)16-10-7-11-17(13-16)22-19(24)4-2/h5-7,9-13,21H,3-4,8,14H2,1-2H3,(H,22,24)/t21-/m1/s1. The number of amides is 2. The van der Waals surface area contributed by atoms with Crippen molar-refractivity contribution in [2.24, 2.45) is 0 Å². The van der Waals surface area contributed by atoms with Gasteiger partial charge in [-0.1, -0.05) is 50.6 Å². The molecule has 0 aliphatic carbocycles. The van der Waals surface area contributed by atoms with Gasteiger partial charge in [0.2, 0.25) is 11.8 Å². The fourth-order valence-corrected chi connectivity index (χ4v) is 4.34. The molecule has 0 spiro atoms. The summed E-state index contributed by atoms with van der Waals surface area (Å²) < 4.78 is 0. The Bertz CT molecular complexity index is 806. The summed E-state index contributed by atoms with van der Waals surface area (Å²) in [6.07, 6.45) is 2.43. The number of carbonyl (C=O) groups excluding carboxylic acids is 2. The summed E-state index contributed by atoms with van der Waals surface area (Å²) >= 11 is 1.63. The lowest BCUT2D eigenvalue weighted by Gasteiger charge is -2.27. The van der Waals surface area contributed by atoms with Crippen molar-refractivity contribution in [2.45, 2.75) is 38.5 Å². The Morgan fingerprint density at radius 1 is 1.19 bits per heavy atom. The van der Waals surface area contributed by atoms with Crippen LogP contribution in [-0.2, 0) is 16.0 Å². The van der Waals surface area contributed by atoms with Crippen LogP contribution in [0.4, 0.5) is 11.4 Å². The maximum atomic E-state index is 12.7. The highest BCUT2D eigenvalue weighted by Gasteiger charge is 2.35. The van der Waals surface area contributed by atoms with E-state index >= 15 is 0 Å². The third-order valence-electron chi connectivity index (χ3n) is 4.42. The number of nitrogens with zero attached hydrogens (tertiary/aromatic N) is 1. The van der Waals surface area contributed by atoms with Gasteiger partial charge in [-0.15, -0.1) is 11.8 Å². The number of aryl methyl sites for hydroxylation is 1. The third kappa shape index (κ3) is 3.93. The number of hydrogen-bond acceptors (Lipinski definition) is 3. The van der Waals surface area contributed by atoms with Gasteiger partial charge in [0.15, 0.2) is 0 Å². The fraction of sp³-hybridized carbons (Fsp3) is 0.333. The van der Waals surface area contributed by atoms with Gasteiger partial charge in [0.1, 0.15) is 5.37 Å². The first-order valence-corrected chi connectivity index (χ1v) is 10.1. The van der Waals surface area contributed by atoms with E-state index in [0.717, 1.165) is 29.8 Å². The Morgan fingerprint density at radius 2 is 2.00 bits per heavy atom. The molecule has 1 aliphatic heterocycles. The zero-order valence-corrected chi connectivity index (χ0v) is 16.0. The van der Waals surface area contributed by atoms with Gasteiger partial charge in [-0.25, -0.2) is 0 Å². The fourth-order valence-electron chi connectivity index (χ4n) is 3.18. The Morgan fingerprint density at radius 3 is 2.77 bits per heavy atom. The summed E-state index contributed by atoms with van der Waals surface area (Å²) in [7, 11) is 0. The molecule has 2 amide bonds. The first kappa shape index (κ1) is 18.5. The highest BCUT2D eigenvalue weighted by molar-refractivity contribution is 8.00. The average molecular weight is 369 g/mol. The lowest BCUT2D eigenvalue weighted by atomic mass is 10.1. The van der Waals surface area contributed by atoms with Crippen LogP contribution in [0.1, 0.15) is 43.2 Å². The van der Waals surface area contributed by atoms with Crippen LogP contribution in [0.2, 0.25) is 0 Å².